The third kappa shape index (κ3) is 4.76. The molecule has 0 bridgehead atoms. The van der Waals surface area contributed by atoms with Crippen molar-refractivity contribution < 1.29 is 0 Å². The Morgan fingerprint density at radius 3 is 2.17 bits per heavy atom. The van der Waals surface area contributed by atoms with Crippen LogP contribution < -0.4 is 0 Å². The average molecular weight is 383 g/mol. The maximum atomic E-state index is 4.97. The summed E-state index contributed by atoms with van der Waals surface area (Å²) >= 11 is 0. The van der Waals surface area contributed by atoms with Gasteiger partial charge < -0.3 is 4.57 Å². The van der Waals surface area contributed by atoms with Crippen LogP contribution in [0.3, 0.4) is 0 Å². The van der Waals surface area contributed by atoms with E-state index in [4.69, 9.17) is 4.98 Å². The van der Waals surface area contributed by atoms with Gasteiger partial charge in [0, 0.05) is 13.0 Å². The van der Waals surface area contributed by atoms with E-state index in [-0.39, 0.29) is 0 Å². The number of hydrogen-bond acceptors (Lipinski definition) is 1. The number of fused-ring (bicyclic) bond motifs is 1. The minimum Gasteiger partial charge on any atom is -0.328 e. The fraction of sp³-hybridized carbons (Fsp3) is 0.296. The zero-order valence-corrected chi connectivity index (χ0v) is 17.3. The first-order valence-electron chi connectivity index (χ1n) is 10.9. The third-order valence-corrected chi connectivity index (χ3v) is 5.64. The number of para-hydroxylation sites is 2. The zero-order chi connectivity index (χ0) is 19.9. The molecule has 0 aliphatic heterocycles. The molecule has 2 heteroatoms. The van der Waals surface area contributed by atoms with Crippen molar-refractivity contribution in [2.24, 2.45) is 0 Å². The second-order valence-corrected chi connectivity index (χ2v) is 7.82. The summed E-state index contributed by atoms with van der Waals surface area (Å²) in [5, 5.41) is 0. The van der Waals surface area contributed by atoms with Gasteiger partial charge in [-0.15, -0.1) is 0 Å². The number of hydrogen-bond donors (Lipinski definition) is 0. The number of aryl methyl sites for hydroxylation is 1. The molecule has 3 aromatic carbocycles. The molecule has 0 spiro atoms. The molecule has 0 amide bonds. The number of benzene rings is 3. The molecule has 1 aromatic heterocycles. The molecule has 0 atom stereocenters. The predicted octanol–water partition coefficient (Wildman–Crippen LogP) is 7.26. The van der Waals surface area contributed by atoms with Crippen LogP contribution in [-0.4, -0.2) is 9.55 Å². The largest absolute Gasteiger partial charge is 0.328 e. The summed E-state index contributed by atoms with van der Waals surface area (Å²) in [4.78, 5) is 4.97. The van der Waals surface area contributed by atoms with Crippen LogP contribution in [0.5, 0.6) is 0 Å². The van der Waals surface area contributed by atoms with Crippen LogP contribution in [0.2, 0.25) is 0 Å². The van der Waals surface area contributed by atoms with Crippen LogP contribution in [0.4, 0.5) is 0 Å². The van der Waals surface area contributed by atoms with E-state index < -0.39 is 0 Å². The lowest BCUT2D eigenvalue weighted by Crippen LogP contribution is -2.05. The summed E-state index contributed by atoms with van der Waals surface area (Å²) in [5.74, 6) is 1.18. The van der Waals surface area contributed by atoms with Gasteiger partial charge in [0.05, 0.1) is 11.0 Å². The van der Waals surface area contributed by atoms with Crippen LogP contribution in [0, 0.1) is 0 Å². The molecule has 0 unspecified atom stereocenters. The van der Waals surface area contributed by atoms with Gasteiger partial charge in [-0.05, 0) is 35.2 Å². The Morgan fingerprint density at radius 2 is 1.38 bits per heavy atom. The van der Waals surface area contributed by atoms with Crippen molar-refractivity contribution in [3.05, 3.63) is 90.3 Å². The summed E-state index contributed by atoms with van der Waals surface area (Å²) in [6.07, 6.45) is 7.35. The maximum absolute atomic E-state index is 4.97. The predicted molar refractivity (Wildman–Crippen MR) is 123 cm³/mol. The van der Waals surface area contributed by atoms with Gasteiger partial charge in [-0.1, -0.05) is 99.3 Å². The van der Waals surface area contributed by atoms with E-state index in [0.29, 0.717) is 0 Å². The first-order chi connectivity index (χ1) is 14.3. The first-order valence-corrected chi connectivity index (χ1v) is 10.9. The summed E-state index contributed by atoms with van der Waals surface area (Å²) in [7, 11) is 0. The van der Waals surface area contributed by atoms with E-state index in [1.807, 2.05) is 0 Å². The summed E-state index contributed by atoms with van der Waals surface area (Å²) < 4.78 is 2.44. The minimum absolute atomic E-state index is 0.874. The van der Waals surface area contributed by atoms with E-state index in [9.17, 15) is 0 Å². The number of unbranched alkanes of at least 4 members (excludes halogenated alkanes) is 4. The highest BCUT2D eigenvalue weighted by Crippen LogP contribution is 2.23. The average Bonchev–Trinajstić information content (AvgIpc) is 3.12. The number of rotatable bonds is 9. The van der Waals surface area contributed by atoms with Crippen molar-refractivity contribution in [1.29, 1.82) is 0 Å². The summed E-state index contributed by atoms with van der Waals surface area (Å²) in [6, 6.07) is 28.0. The Bertz CT molecular complexity index is 1030. The molecule has 0 radical (unpaired) electrons. The molecule has 4 rings (SSSR count). The van der Waals surface area contributed by atoms with Gasteiger partial charge in [0.15, 0.2) is 0 Å². The topological polar surface area (TPSA) is 17.8 Å². The molecule has 0 saturated heterocycles. The van der Waals surface area contributed by atoms with Gasteiger partial charge in [-0.2, -0.15) is 0 Å². The SMILES string of the molecule is CCCCCCCn1c(Cc2ccc(-c3ccccc3)cc2)nc2ccccc21. The molecule has 4 aromatic rings. The van der Waals surface area contributed by atoms with Crippen LogP contribution in [-0.2, 0) is 13.0 Å². The van der Waals surface area contributed by atoms with Crippen LogP contribution >= 0.6 is 0 Å². The summed E-state index contributed by atoms with van der Waals surface area (Å²) in [6.45, 7) is 3.33. The number of nitrogens with zero attached hydrogens (tertiary/aromatic N) is 2. The van der Waals surface area contributed by atoms with Crippen molar-refractivity contribution in [3.8, 4) is 11.1 Å². The van der Waals surface area contributed by atoms with Gasteiger partial charge in [-0.3, -0.25) is 0 Å². The molecule has 0 aliphatic rings. The van der Waals surface area contributed by atoms with Crippen LogP contribution in [0.25, 0.3) is 22.2 Å². The molecule has 29 heavy (non-hydrogen) atoms. The molecular formula is C27H30N2. The van der Waals surface area contributed by atoms with Crippen molar-refractivity contribution in [2.75, 3.05) is 0 Å². The maximum Gasteiger partial charge on any atom is 0.114 e. The first kappa shape index (κ1) is 19.4. The van der Waals surface area contributed by atoms with E-state index in [1.165, 1.54) is 60.1 Å². The number of imidazole rings is 1. The van der Waals surface area contributed by atoms with Crippen molar-refractivity contribution in [1.82, 2.24) is 9.55 Å². The van der Waals surface area contributed by atoms with Gasteiger partial charge in [0.25, 0.3) is 0 Å². The molecule has 148 valence electrons. The highest BCUT2D eigenvalue weighted by atomic mass is 15.1. The normalized spacial score (nSPS) is 11.2. The van der Waals surface area contributed by atoms with Gasteiger partial charge in [0.1, 0.15) is 5.82 Å². The van der Waals surface area contributed by atoms with E-state index in [1.54, 1.807) is 0 Å². The van der Waals surface area contributed by atoms with E-state index in [0.717, 1.165) is 18.5 Å². The monoisotopic (exact) mass is 382 g/mol. The van der Waals surface area contributed by atoms with Gasteiger partial charge >= 0.3 is 0 Å². The highest BCUT2D eigenvalue weighted by Gasteiger charge is 2.11. The second kappa shape index (κ2) is 9.56. The lowest BCUT2D eigenvalue weighted by Gasteiger charge is -2.10. The standard InChI is InChI=1S/C27H30N2/c1-2-3-4-5-11-20-29-26-15-10-9-14-25(26)28-27(29)21-22-16-18-24(19-17-22)23-12-7-6-8-13-23/h6-10,12-19H,2-5,11,20-21H2,1H3. The smallest absolute Gasteiger partial charge is 0.114 e. The molecule has 0 saturated carbocycles. The van der Waals surface area contributed by atoms with E-state index >= 15 is 0 Å². The molecule has 0 N–H and O–H groups in total. The van der Waals surface area contributed by atoms with Crippen molar-refractivity contribution in [2.45, 2.75) is 52.0 Å². The van der Waals surface area contributed by atoms with Crippen LogP contribution in [0.1, 0.15) is 50.4 Å². The van der Waals surface area contributed by atoms with E-state index in [2.05, 4.69) is 90.4 Å². The lowest BCUT2D eigenvalue weighted by molar-refractivity contribution is 0.565. The molecule has 0 aliphatic carbocycles. The molecule has 1 heterocycles. The fourth-order valence-electron chi connectivity index (χ4n) is 4.01. The van der Waals surface area contributed by atoms with Gasteiger partial charge in [0.2, 0.25) is 0 Å². The Balaban J connectivity index is 1.53. The van der Waals surface area contributed by atoms with Gasteiger partial charge in [-0.25, -0.2) is 4.98 Å². The Kier molecular flexibility index (Phi) is 6.41. The lowest BCUT2D eigenvalue weighted by atomic mass is 10.0. The quantitative estimate of drug-likeness (QED) is 0.278. The molecule has 2 nitrogen and oxygen atoms in total. The second-order valence-electron chi connectivity index (χ2n) is 7.82. The zero-order valence-electron chi connectivity index (χ0n) is 17.3. The minimum atomic E-state index is 0.874. The number of aromatic nitrogens is 2. The Morgan fingerprint density at radius 1 is 0.690 bits per heavy atom. The molecule has 0 fully saturated rings. The Hall–Kier alpha value is -2.87. The highest BCUT2D eigenvalue weighted by molar-refractivity contribution is 5.76. The van der Waals surface area contributed by atoms with Crippen molar-refractivity contribution in [3.63, 3.8) is 0 Å². The fourth-order valence-corrected chi connectivity index (χ4v) is 4.01. The molecular weight excluding hydrogens is 352 g/mol. The van der Waals surface area contributed by atoms with Crippen molar-refractivity contribution >= 4 is 11.0 Å². The van der Waals surface area contributed by atoms with Crippen LogP contribution in [0.15, 0.2) is 78.9 Å². The Labute approximate surface area is 174 Å². The third-order valence-electron chi connectivity index (χ3n) is 5.64. The summed E-state index contributed by atoms with van der Waals surface area (Å²) in [5.41, 5.74) is 6.21.